The van der Waals surface area contributed by atoms with Crippen molar-refractivity contribution in [3.05, 3.63) is 34.9 Å². The van der Waals surface area contributed by atoms with E-state index in [0.29, 0.717) is 21.9 Å². The summed E-state index contributed by atoms with van der Waals surface area (Å²) in [4.78, 5) is 33.2. The minimum atomic E-state index is -0.885. The quantitative estimate of drug-likeness (QED) is 0.511. The Morgan fingerprint density at radius 1 is 1.21 bits per heavy atom. The van der Waals surface area contributed by atoms with Crippen LogP contribution in [0.25, 0.3) is 0 Å². The van der Waals surface area contributed by atoms with Crippen molar-refractivity contribution in [3.63, 3.8) is 0 Å². The third kappa shape index (κ3) is 5.56. The maximum Gasteiger partial charge on any atom is 0.321 e. The maximum absolute atomic E-state index is 12.2. The van der Waals surface area contributed by atoms with Gasteiger partial charge in [-0.05, 0) is 47.0 Å². The molecule has 1 saturated heterocycles. The number of carboxylic acid groups (broad SMARTS) is 1. The topological polar surface area (TPSA) is 119 Å². The molecule has 4 N–H and O–H groups in total. The number of hydrogen-bond donors (Lipinski definition) is 4. The summed E-state index contributed by atoms with van der Waals surface area (Å²) in [5, 5.41) is 17.7. The monoisotopic (exact) mass is 448 g/mol. The molecule has 0 aliphatic carbocycles. The van der Waals surface area contributed by atoms with Crippen molar-refractivity contribution in [3.8, 4) is 0 Å². The van der Waals surface area contributed by atoms with Crippen LogP contribution in [0.4, 0.5) is 27.9 Å². The number of amides is 2. The Hall–Kier alpha value is -2.88. The third-order valence-electron chi connectivity index (χ3n) is 4.14. The van der Waals surface area contributed by atoms with Crippen molar-refractivity contribution < 1.29 is 14.7 Å². The van der Waals surface area contributed by atoms with Crippen LogP contribution < -0.4 is 16.0 Å². The molecule has 2 amide bonds. The van der Waals surface area contributed by atoms with Gasteiger partial charge in [0, 0.05) is 37.2 Å². The number of hydrogen-bond acceptors (Lipinski definition) is 6. The average molecular weight is 449 g/mol. The van der Waals surface area contributed by atoms with Crippen molar-refractivity contribution in [1.82, 2.24) is 14.9 Å². The second-order valence-corrected chi connectivity index (χ2v) is 7.15. The first kappa shape index (κ1) is 19.9. The molecule has 28 heavy (non-hydrogen) atoms. The van der Waals surface area contributed by atoms with Crippen molar-refractivity contribution in [2.75, 3.05) is 35.6 Å². The molecule has 0 radical (unpaired) electrons. The summed E-state index contributed by atoms with van der Waals surface area (Å²) in [7, 11) is 0. The number of likely N-dealkylation sites (tertiary alicyclic amines) is 1. The molecule has 1 aliphatic rings. The molecule has 148 valence electrons. The van der Waals surface area contributed by atoms with Gasteiger partial charge in [0.05, 0.1) is 10.9 Å². The van der Waals surface area contributed by atoms with Crippen molar-refractivity contribution in [1.29, 1.82) is 0 Å². The normalized spacial score (nSPS) is 13.2. The second-order valence-electron chi connectivity index (χ2n) is 6.29. The van der Waals surface area contributed by atoms with Crippen LogP contribution in [0.5, 0.6) is 0 Å². The van der Waals surface area contributed by atoms with Gasteiger partial charge in [0.15, 0.2) is 0 Å². The molecule has 2 heterocycles. The zero-order valence-electron chi connectivity index (χ0n) is 15.1. The molecule has 1 aromatic carbocycles. The lowest BCUT2D eigenvalue weighted by Crippen LogP contribution is -2.32. The second kappa shape index (κ2) is 9.36. The number of urea groups is 1. The first-order chi connectivity index (χ1) is 13.5. The van der Waals surface area contributed by atoms with Crippen LogP contribution in [-0.2, 0) is 4.79 Å². The minimum absolute atomic E-state index is 0.0159. The number of rotatable bonds is 7. The number of anilines is 4. The number of nitrogens with one attached hydrogen (secondary N) is 3. The summed E-state index contributed by atoms with van der Waals surface area (Å²) in [6.45, 7) is 1.82. The molecular formula is C18H21BrN6O3. The summed E-state index contributed by atoms with van der Waals surface area (Å²) < 4.78 is 0.634. The van der Waals surface area contributed by atoms with Crippen LogP contribution in [0.1, 0.15) is 19.3 Å². The predicted octanol–water partition coefficient (Wildman–Crippen LogP) is 3.50. The highest BCUT2D eigenvalue weighted by Gasteiger charge is 2.17. The van der Waals surface area contributed by atoms with Crippen LogP contribution in [0.15, 0.2) is 34.9 Å². The fourth-order valence-electron chi connectivity index (χ4n) is 2.77. The Morgan fingerprint density at radius 3 is 2.71 bits per heavy atom. The standard InChI is InChI=1S/C18H21BrN6O3/c19-14-11-21-17(24-16(14)20-7-6-15(26)27)22-12-4-3-5-13(10-12)23-18(28)25-8-1-2-9-25/h3-5,10-11H,1-2,6-9H2,(H,23,28)(H,26,27)(H2,20,21,22,24). The van der Waals surface area contributed by atoms with E-state index in [4.69, 9.17) is 5.11 Å². The zero-order valence-corrected chi connectivity index (χ0v) is 16.7. The van der Waals surface area contributed by atoms with Gasteiger partial charge in [-0.1, -0.05) is 6.07 Å². The van der Waals surface area contributed by atoms with Gasteiger partial charge in [-0.25, -0.2) is 9.78 Å². The molecule has 1 aromatic heterocycles. The van der Waals surface area contributed by atoms with Crippen LogP contribution in [0.2, 0.25) is 0 Å². The molecule has 9 nitrogen and oxygen atoms in total. The van der Waals surface area contributed by atoms with Crippen LogP contribution in [0, 0.1) is 0 Å². The fourth-order valence-corrected chi connectivity index (χ4v) is 3.10. The number of carbonyl (C=O) groups is 2. The highest BCUT2D eigenvalue weighted by molar-refractivity contribution is 9.10. The van der Waals surface area contributed by atoms with Crippen LogP contribution in [0.3, 0.4) is 0 Å². The summed E-state index contributed by atoms with van der Waals surface area (Å²) in [5.41, 5.74) is 1.40. The SMILES string of the molecule is O=C(O)CCNc1nc(Nc2cccc(NC(=O)N3CCCC3)c2)ncc1Br. The lowest BCUT2D eigenvalue weighted by molar-refractivity contribution is -0.136. The van der Waals surface area contributed by atoms with E-state index in [-0.39, 0.29) is 19.0 Å². The van der Waals surface area contributed by atoms with E-state index < -0.39 is 5.97 Å². The molecule has 2 aromatic rings. The van der Waals surface area contributed by atoms with Gasteiger partial charge in [-0.3, -0.25) is 4.79 Å². The Bertz CT molecular complexity index is 857. The van der Waals surface area contributed by atoms with E-state index in [1.807, 2.05) is 18.2 Å². The van der Waals surface area contributed by atoms with E-state index >= 15 is 0 Å². The fraction of sp³-hybridized carbons (Fsp3) is 0.333. The largest absolute Gasteiger partial charge is 0.481 e. The molecular weight excluding hydrogens is 428 g/mol. The summed E-state index contributed by atoms with van der Waals surface area (Å²) in [6, 6.07) is 7.19. The van der Waals surface area contributed by atoms with Gasteiger partial charge in [0.1, 0.15) is 5.82 Å². The summed E-state index contributed by atoms with van der Waals surface area (Å²) in [5.74, 6) is -0.0369. The first-order valence-corrected chi connectivity index (χ1v) is 9.72. The number of aromatic nitrogens is 2. The summed E-state index contributed by atoms with van der Waals surface area (Å²) >= 11 is 3.34. The van der Waals surface area contributed by atoms with Crippen molar-refractivity contribution >= 4 is 51.1 Å². The highest BCUT2D eigenvalue weighted by Crippen LogP contribution is 2.23. The number of aliphatic carboxylic acids is 1. The molecule has 0 saturated carbocycles. The van der Waals surface area contributed by atoms with Crippen LogP contribution in [-0.4, -0.2) is 51.6 Å². The van der Waals surface area contributed by atoms with Crippen molar-refractivity contribution in [2.24, 2.45) is 0 Å². The number of benzene rings is 1. The lowest BCUT2D eigenvalue weighted by Gasteiger charge is -2.16. The predicted molar refractivity (Wildman–Crippen MR) is 110 cm³/mol. The smallest absolute Gasteiger partial charge is 0.321 e. The maximum atomic E-state index is 12.2. The Labute approximate surface area is 170 Å². The number of halogens is 1. The van der Waals surface area contributed by atoms with E-state index in [2.05, 4.69) is 41.8 Å². The van der Waals surface area contributed by atoms with Gasteiger partial charge < -0.3 is 26.0 Å². The van der Waals surface area contributed by atoms with Gasteiger partial charge in [0.25, 0.3) is 0 Å². The van der Waals surface area contributed by atoms with Gasteiger partial charge in [-0.2, -0.15) is 4.98 Å². The average Bonchev–Trinajstić information content (AvgIpc) is 3.19. The number of nitrogens with zero attached hydrogens (tertiary/aromatic N) is 3. The van der Waals surface area contributed by atoms with Crippen molar-refractivity contribution in [2.45, 2.75) is 19.3 Å². The minimum Gasteiger partial charge on any atom is -0.481 e. The molecule has 0 unspecified atom stereocenters. The molecule has 0 spiro atoms. The lowest BCUT2D eigenvalue weighted by atomic mass is 10.3. The Kier molecular flexibility index (Phi) is 6.64. The van der Waals surface area contributed by atoms with E-state index in [1.54, 1.807) is 17.2 Å². The van der Waals surface area contributed by atoms with E-state index in [9.17, 15) is 9.59 Å². The molecule has 10 heteroatoms. The molecule has 1 fully saturated rings. The Balaban J connectivity index is 1.64. The first-order valence-electron chi connectivity index (χ1n) is 8.92. The Morgan fingerprint density at radius 2 is 1.96 bits per heavy atom. The van der Waals surface area contributed by atoms with Gasteiger partial charge in [0.2, 0.25) is 5.95 Å². The van der Waals surface area contributed by atoms with Crippen LogP contribution >= 0.6 is 15.9 Å². The zero-order chi connectivity index (χ0) is 19.9. The molecule has 0 atom stereocenters. The molecule has 1 aliphatic heterocycles. The third-order valence-corrected chi connectivity index (χ3v) is 4.72. The van der Waals surface area contributed by atoms with Gasteiger partial charge in [-0.15, -0.1) is 0 Å². The summed E-state index contributed by atoms with van der Waals surface area (Å²) in [6.07, 6.45) is 3.65. The molecule has 0 bridgehead atoms. The van der Waals surface area contributed by atoms with E-state index in [0.717, 1.165) is 31.6 Å². The number of carbonyl (C=O) groups excluding carboxylic acids is 1. The van der Waals surface area contributed by atoms with Gasteiger partial charge >= 0.3 is 12.0 Å². The molecule has 3 rings (SSSR count). The number of carboxylic acids is 1. The highest BCUT2D eigenvalue weighted by atomic mass is 79.9. The van der Waals surface area contributed by atoms with E-state index in [1.165, 1.54) is 0 Å².